The van der Waals surface area contributed by atoms with Crippen LogP contribution in [-0.2, 0) is 9.53 Å². The first-order valence-electron chi connectivity index (χ1n) is 7.48. The van der Waals surface area contributed by atoms with Crippen LogP contribution in [0.2, 0.25) is 0 Å². The first-order chi connectivity index (χ1) is 9.25. The van der Waals surface area contributed by atoms with Crippen molar-refractivity contribution in [3.63, 3.8) is 0 Å². The molecule has 3 heterocycles. The molecule has 3 fully saturated rings. The van der Waals surface area contributed by atoms with Gasteiger partial charge in [0.05, 0.1) is 12.0 Å². The quantitative estimate of drug-likeness (QED) is 0.817. The van der Waals surface area contributed by atoms with Gasteiger partial charge in [0.1, 0.15) is 0 Å². The largest absolute Gasteiger partial charge is 0.384 e. The van der Waals surface area contributed by atoms with Gasteiger partial charge in [-0.05, 0) is 32.4 Å². The average Bonchev–Trinajstić information content (AvgIpc) is 3.06. The van der Waals surface area contributed by atoms with Gasteiger partial charge in [-0.25, -0.2) is 0 Å². The monoisotopic (exact) mass is 303 g/mol. The predicted octanol–water partition coefficient (Wildman–Crippen LogP) is 0.341. The van der Waals surface area contributed by atoms with E-state index in [-0.39, 0.29) is 17.8 Å². The SMILES string of the molecule is COCC1(C(=O)N2CCN3CCCC3C2)CCNC1.Cl. The Morgan fingerprint density at radius 1 is 1.40 bits per heavy atom. The van der Waals surface area contributed by atoms with Gasteiger partial charge in [0.2, 0.25) is 5.91 Å². The van der Waals surface area contributed by atoms with Crippen LogP contribution >= 0.6 is 12.4 Å². The summed E-state index contributed by atoms with van der Waals surface area (Å²) < 4.78 is 5.33. The number of carbonyl (C=O) groups is 1. The molecule has 3 saturated heterocycles. The molecular weight excluding hydrogens is 278 g/mol. The van der Waals surface area contributed by atoms with Crippen LogP contribution in [0.25, 0.3) is 0 Å². The zero-order chi connectivity index (χ0) is 13.3. The number of fused-ring (bicyclic) bond motifs is 1. The molecule has 3 aliphatic rings. The minimum Gasteiger partial charge on any atom is -0.384 e. The smallest absolute Gasteiger partial charge is 0.232 e. The highest BCUT2D eigenvalue weighted by molar-refractivity contribution is 5.85. The van der Waals surface area contributed by atoms with Crippen LogP contribution in [0.4, 0.5) is 0 Å². The Balaban J connectivity index is 0.00000147. The number of ether oxygens (including phenoxy) is 1. The van der Waals surface area contributed by atoms with Crippen LogP contribution in [0.3, 0.4) is 0 Å². The van der Waals surface area contributed by atoms with Gasteiger partial charge in [-0.3, -0.25) is 9.69 Å². The summed E-state index contributed by atoms with van der Waals surface area (Å²) in [5.41, 5.74) is -0.310. The lowest BCUT2D eigenvalue weighted by molar-refractivity contribution is -0.146. The number of nitrogens with one attached hydrogen (secondary N) is 1. The van der Waals surface area contributed by atoms with Gasteiger partial charge in [-0.15, -0.1) is 12.4 Å². The third kappa shape index (κ3) is 2.82. The average molecular weight is 304 g/mol. The van der Waals surface area contributed by atoms with E-state index in [0.717, 1.165) is 39.1 Å². The number of hydrogen-bond donors (Lipinski definition) is 1. The zero-order valence-corrected chi connectivity index (χ0v) is 13.1. The van der Waals surface area contributed by atoms with E-state index in [4.69, 9.17) is 4.74 Å². The molecule has 0 bridgehead atoms. The van der Waals surface area contributed by atoms with Gasteiger partial charge in [-0.1, -0.05) is 0 Å². The maximum atomic E-state index is 12.9. The summed E-state index contributed by atoms with van der Waals surface area (Å²) >= 11 is 0. The van der Waals surface area contributed by atoms with E-state index < -0.39 is 0 Å². The number of halogens is 1. The van der Waals surface area contributed by atoms with E-state index in [2.05, 4.69) is 15.1 Å². The van der Waals surface area contributed by atoms with Gasteiger partial charge >= 0.3 is 0 Å². The number of methoxy groups -OCH3 is 1. The summed E-state index contributed by atoms with van der Waals surface area (Å²) in [6.45, 7) is 6.32. The molecule has 0 spiro atoms. The standard InChI is InChI=1S/C14H25N3O2.ClH/c1-19-11-14(4-5-15-10-14)13(18)17-8-7-16-6-2-3-12(16)9-17;/h12,15H,2-11H2,1H3;1H. The highest BCUT2D eigenvalue weighted by Gasteiger charge is 2.45. The molecule has 0 saturated carbocycles. The minimum absolute atomic E-state index is 0. The van der Waals surface area contributed by atoms with E-state index in [1.54, 1.807) is 7.11 Å². The molecule has 116 valence electrons. The Morgan fingerprint density at radius 2 is 2.25 bits per heavy atom. The zero-order valence-electron chi connectivity index (χ0n) is 12.3. The first kappa shape index (κ1) is 16.0. The van der Waals surface area contributed by atoms with E-state index in [1.807, 2.05) is 0 Å². The Bertz CT molecular complexity index is 347. The molecule has 3 rings (SSSR count). The molecule has 0 radical (unpaired) electrons. The van der Waals surface area contributed by atoms with E-state index in [9.17, 15) is 4.79 Å². The number of rotatable bonds is 3. The van der Waals surface area contributed by atoms with Crippen molar-refractivity contribution >= 4 is 18.3 Å². The van der Waals surface area contributed by atoms with E-state index in [0.29, 0.717) is 18.6 Å². The number of carbonyl (C=O) groups excluding carboxylic acids is 1. The molecule has 6 heteroatoms. The third-order valence-electron chi connectivity index (χ3n) is 4.99. The number of piperazine rings is 1. The number of hydrogen-bond acceptors (Lipinski definition) is 4. The molecular formula is C14H26ClN3O2. The summed E-state index contributed by atoms with van der Waals surface area (Å²) in [6, 6.07) is 0.603. The molecule has 2 unspecified atom stereocenters. The van der Waals surface area contributed by atoms with Crippen molar-refractivity contribution in [2.75, 3.05) is 53.0 Å². The lowest BCUT2D eigenvalue weighted by Gasteiger charge is -2.41. The summed E-state index contributed by atoms with van der Waals surface area (Å²) in [7, 11) is 1.70. The summed E-state index contributed by atoms with van der Waals surface area (Å²) in [6.07, 6.45) is 3.45. The fraction of sp³-hybridized carbons (Fsp3) is 0.929. The molecule has 1 N–H and O–H groups in total. The van der Waals surface area contributed by atoms with Crippen LogP contribution < -0.4 is 5.32 Å². The first-order valence-corrected chi connectivity index (χ1v) is 7.48. The summed E-state index contributed by atoms with van der Waals surface area (Å²) in [4.78, 5) is 17.5. The third-order valence-corrected chi connectivity index (χ3v) is 4.99. The highest BCUT2D eigenvalue weighted by atomic mass is 35.5. The molecule has 20 heavy (non-hydrogen) atoms. The Labute approximate surface area is 127 Å². The Hall–Kier alpha value is -0.360. The number of nitrogens with zero attached hydrogens (tertiary/aromatic N) is 2. The minimum atomic E-state index is -0.310. The van der Waals surface area contributed by atoms with Crippen LogP contribution in [0.1, 0.15) is 19.3 Å². The fourth-order valence-corrected chi connectivity index (χ4v) is 3.90. The van der Waals surface area contributed by atoms with Gasteiger partial charge in [0.15, 0.2) is 0 Å². The second-order valence-corrected chi connectivity index (χ2v) is 6.22. The van der Waals surface area contributed by atoms with E-state index >= 15 is 0 Å². The predicted molar refractivity (Wildman–Crippen MR) is 80.2 cm³/mol. The molecule has 0 aromatic carbocycles. The van der Waals surface area contributed by atoms with Gasteiger partial charge < -0.3 is 15.0 Å². The molecule has 5 nitrogen and oxygen atoms in total. The molecule has 0 aromatic rings. The Kier molecular flexibility index (Phi) is 5.29. The van der Waals surface area contributed by atoms with Crippen LogP contribution in [0, 0.1) is 5.41 Å². The van der Waals surface area contributed by atoms with Crippen LogP contribution in [0.15, 0.2) is 0 Å². The van der Waals surface area contributed by atoms with Crippen molar-refractivity contribution in [2.45, 2.75) is 25.3 Å². The second kappa shape index (κ2) is 6.60. The normalized spacial score (nSPS) is 33.9. The Morgan fingerprint density at radius 3 is 2.95 bits per heavy atom. The summed E-state index contributed by atoms with van der Waals surface area (Å²) in [5, 5.41) is 3.33. The van der Waals surface area contributed by atoms with Gasteiger partial charge in [-0.2, -0.15) is 0 Å². The van der Waals surface area contributed by atoms with Crippen LogP contribution in [-0.4, -0.2) is 74.7 Å². The van der Waals surface area contributed by atoms with Gasteiger partial charge in [0, 0.05) is 39.3 Å². The second-order valence-electron chi connectivity index (χ2n) is 6.22. The molecule has 0 aliphatic carbocycles. The van der Waals surface area contributed by atoms with Crippen molar-refractivity contribution in [3.8, 4) is 0 Å². The van der Waals surface area contributed by atoms with E-state index in [1.165, 1.54) is 19.4 Å². The van der Waals surface area contributed by atoms with Crippen molar-refractivity contribution in [2.24, 2.45) is 5.41 Å². The molecule has 2 atom stereocenters. The van der Waals surface area contributed by atoms with Crippen LogP contribution in [0.5, 0.6) is 0 Å². The van der Waals surface area contributed by atoms with Crippen molar-refractivity contribution in [3.05, 3.63) is 0 Å². The lowest BCUT2D eigenvalue weighted by atomic mass is 9.86. The summed E-state index contributed by atoms with van der Waals surface area (Å²) in [5.74, 6) is 0.311. The highest BCUT2D eigenvalue weighted by Crippen LogP contribution is 2.31. The molecule has 1 amide bonds. The maximum absolute atomic E-state index is 12.9. The molecule has 0 aromatic heterocycles. The van der Waals surface area contributed by atoms with Crippen molar-refractivity contribution in [1.82, 2.24) is 15.1 Å². The van der Waals surface area contributed by atoms with Gasteiger partial charge in [0.25, 0.3) is 0 Å². The maximum Gasteiger partial charge on any atom is 0.232 e. The topological polar surface area (TPSA) is 44.8 Å². The molecule has 3 aliphatic heterocycles. The number of amides is 1. The van der Waals surface area contributed by atoms with Crippen molar-refractivity contribution in [1.29, 1.82) is 0 Å². The lowest BCUT2D eigenvalue weighted by Crippen LogP contribution is -2.57. The van der Waals surface area contributed by atoms with Crippen molar-refractivity contribution < 1.29 is 9.53 Å². The fourth-order valence-electron chi connectivity index (χ4n) is 3.90.